The lowest BCUT2D eigenvalue weighted by molar-refractivity contribution is -0.151. The predicted octanol–water partition coefficient (Wildman–Crippen LogP) is 6.85. The van der Waals surface area contributed by atoms with E-state index in [1.165, 1.54) is 44.5 Å². The molecule has 2 unspecified atom stereocenters. The molecule has 1 aliphatic carbocycles. The SMILES string of the molecule is CCC(C)CCCCCCC(=CC(O)=C1C(=O)OC2(C)C(=O)C(=CNCc3ccccc3)C(=CC(=O)CO)C=C12)NCc1ccccc1. The molecule has 1 fully saturated rings. The molecule has 254 valence electrons. The Morgan fingerprint density at radius 2 is 1.60 bits per heavy atom. The van der Waals surface area contributed by atoms with E-state index >= 15 is 0 Å². The number of carbonyl (C=O) groups excluding carboxylic acids is 3. The molecule has 2 atom stereocenters. The van der Waals surface area contributed by atoms with Crippen LogP contribution in [0.15, 0.2) is 119 Å². The van der Waals surface area contributed by atoms with Gasteiger partial charge in [0.2, 0.25) is 5.78 Å². The number of ketones is 2. The zero-order valence-corrected chi connectivity index (χ0v) is 28.3. The number of hydrogen-bond acceptors (Lipinski definition) is 8. The number of benzene rings is 2. The highest BCUT2D eigenvalue weighted by Crippen LogP contribution is 2.45. The third kappa shape index (κ3) is 9.44. The summed E-state index contributed by atoms with van der Waals surface area (Å²) in [7, 11) is 0. The van der Waals surface area contributed by atoms with Gasteiger partial charge in [0, 0.05) is 36.1 Å². The second-order valence-electron chi connectivity index (χ2n) is 12.7. The van der Waals surface area contributed by atoms with Crippen molar-refractivity contribution in [2.75, 3.05) is 6.61 Å². The molecule has 2 aromatic rings. The Balaban J connectivity index is 1.64. The van der Waals surface area contributed by atoms with E-state index in [4.69, 9.17) is 4.74 Å². The van der Waals surface area contributed by atoms with Crippen LogP contribution >= 0.6 is 0 Å². The van der Waals surface area contributed by atoms with Crippen molar-refractivity contribution in [1.29, 1.82) is 0 Å². The molecule has 2 aromatic carbocycles. The highest BCUT2D eigenvalue weighted by molar-refractivity contribution is 6.17. The number of carbonyl (C=O) groups is 3. The van der Waals surface area contributed by atoms with E-state index in [9.17, 15) is 24.6 Å². The smallest absolute Gasteiger partial charge is 0.343 e. The maximum atomic E-state index is 14.0. The molecule has 48 heavy (non-hydrogen) atoms. The molecule has 1 saturated heterocycles. The summed E-state index contributed by atoms with van der Waals surface area (Å²) in [6.07, 6.45) is 13.0. The molecule has 8 heteroatoms. The van der Waals surface area contributed by atoms with Crippen LogP contribution in [0.1, 0.15) is 76.8 Å². The van der Waals surface area contributed by atoms with E-state index in [1.807, 2.05) is 60.7 Å². The van der Waals surface area contributed by atoms with Crippen LogP contribution < -0.4 is 10.6 Å². The minimum atomic E-state index is -1.71. The molecule has 0 radical (unpaired) electrons. The van der Waals surface area contributed by atoms with Gasteiger partial charge in [-0.1, -0.05) is 107 Å². The van der Waals surface area contributed by atoms with Gasteiger partial charge in [-0.15, -0.1) is 0 Å². The molecule has 4 N–H and O–H groups in total. The molecular formula is C40H48N2O6. The molecule has 0 amide bonds. The molecule has 0 aromatic heterocycles. The van der Waals surface area contributed by atoms with Crippen LogP contribution in [-0.2, 0) is 32.2 Å². The average molecular weight is 653 g/mol. The van der Waals surface area contributed by atoms with Gasteiger partial charge < -0.3 is 25.6 Å². The van der Waals surface area contributed by atoms with E-state index in [0.717, 1.165) is 42.0 Å². The second-order valence-corrected chi connectivity index (χ2v) is 12.7. The van der Waals surface area contributed by atoms with Crippen molar-refractivity contribution in [3.63, 3.8) is 0 Å². The summed E-state index contributed by atoms with van der Waals surface area (Å²) in [6.45, 7) is 6.19. The van der Waals surface area contributed by atoms with Gasteiger partial charge in [-0.25, -0.2) is 4.79 Å². The van der Waals surface area contributed by atoms with Crippen LogP contribution in [-0.4, -0.2) is 40.0 Å². The largest absolute Gasteiger partial charge is 0.507 e. The lowest BCUT2D eigenvalue weighted by Crippen LogP contribution is -2.41. The lowest BCUT2D eigenvalue weighted by atomic mass is 9.76. The number of ether oxygens (including phenoxy) is 1. The predicted molar refractivity (Wildman–Crippen MR) is 187 cm³/mol. The number of unbranched alkanes of at least 4 members (excludes halogenated alkanes) is 3. The Morgan fingerprint density at radius 3 is 2.25 bits per heavy atom. The molecule has 1 heterocycles. The van der Waals surface area contributed by atoms with Crippen LogP contribution in [0, 0.1) is 5.92 Å². The number of esters is 1. The minimum absolute atomic E-state index is 0.126. The summed E-state index contributed by atoms with van der Waals surface area (Å²) < 4.78 is 5.68. The van der Waals surface area contributed by atoms with E-state index in [0.29, 0.717) is 19.5 Å². The van der Waals surface area contributed by atoms with Gasteiger partial charge in [0.15, 0.2) is 11.4 Å². The third-order valence-electron chi connectivity index (χ3n) is 8.96. The standard InChI is InChI=1S/C40H48N2O6/c1-4-28(2)15-9-5-6-14-20-32(42-25-30-18-12-8-13-19-30)23-36(45)37-35-22-31(21-33(44)27-43)34(38(46)40(35,3)48-39(37)47)26-41-24-29-16-10-7-11-17-29/h7-8,10-13,16-19,21-23,26,28,41-43,45H,4-6,9,14-15,20,24-25,27H2,1-3H3. The Labute approximate surface area is 284 Å². The van der Waals surface area contributed by atoms with Gasteiger partial charge in [0.25, 0.3) is 0 Å². The number of allylic oxidation sites excluding steroid dienone is 4. The Morgan fingerprint density at radius 1 is 0.958 bits per heavy atom. The van der Waals surface area contributed by atoms with Crippen LogP contribution in [0.3, 0.4) is 0 Å². The maximum absolute atomic E-state index is 14.0. The molecule has 1 aliphatic heterocycles. The van der Waals surface area contributed by atoms with Crippen LogP contribution in [0.2, 0.25) is 0 Å². The lowest BCUT2D eigenvalue weighted by Gasteiger charge is -2.29. The van der Waals surface area contributed by atoms with Crippen molar-refractivity contribution in [3.05, 3.63) is 130 Å². The normalized spacial score (nSPS) is 21.1. The van der Waals surface area contributed by atoms with Crippen LogP contribution in [0.4, 0.5) is 0 Å². The first-order valence-electron chi connectivity index (χ1n) is 16.9. The van der Waals surface area contributed by atoms with Gasteiger partial charge in [0.05, 0.1) is 0 Å². The highest BCUT2D eigenvalue weighted by atomic mass is 16.6. The van der Waals surface area contributed by atoms with Crippen LogP contribution in [0.25, 0.3) is 0 Å². The Kier molecular flexibility index (Phi) is 13.1. The average Bonchev–Trinajstić information content (AvgIpc) is 3.36. The van der Waals surface area contributed by atoms with Crippen molar-refractivity contribution in [3.8, 4) is 0 Å². The van der Waals surface area contributed by atoms with Crippen molar-refractivity contribution >= 4 is 17.5 Å². The summed E-state index contributed by atoms with van der Waals surface area (Å²) in [4.78, 5) is 39.7. The number of rotatable bonds is 17. The zero-order valence-electron chi connectivity index (χ0n) is 28.3. The van der Waals surface area contributed by atoms with Gasteiger partial charge in [-0.3, -0.25) is 9.59 Å². The second kappa shape index (κ2) is 17.5. The first-order valence-corrected chi connectivity index (χ1v) is 16.9. The number of hydrogen-bond donors (Lipinski definition) is 4. The van der Waals surface area contributed by atoms with E-state index in [-0.39, 0.29) is 28.1 Å². The van der Waals surface area contributed by atoms with Crippen molar-refractivity contribution in [1.82, 2.24) is 10.6 Å². The topological polar surface area (TPSA) is 125 Å². The van der Waals surface area contributed by atoms with Crippen molar-refractivity contribution in [2.24, 2.45) is 5.92 Å². The summed E-state index contributed by atoms with van der Waals surface area (Å²) >= 11 is 0. The molecular weight excluding hydrogens is 604 g/mol. The Bertz CT molecular complexity index is 1600. The van der Waals surface area contributed by atoms with Gasteiger partial charge >= 0.3 is 5.97 Å². The first-order chi connectivity index (χ1) is 23.2. The van der Waals surface area contributed by atoms with Gasteiger partial charge in [-0.2, -0.15) is 0 Å². The summed E-state index contributed by atoms with van der Waals surface area (Å²) in [5.41, 5.74) is 1.47. The van der Waals surface area contributed by atoms with Crippen LogP contribution in [0.5, 0.6) is 0 Å². The fourth-order valence-corrected chi connectivity index (χ4v) is 5.86. The quantitative estimate of drug-likeness (QED) is 0.0634. The number of nitrogens with one attached hydrogen (secondary N) is 2. The molecule has 4 rings (SSSR count). The van der Waals surface area contributed by atoms with Crippen molar-refractivity contribution < 1.29 is 29.3 Å². The van der Waals surface area contributed by atoms with E-state index in [2.05, 4.69) is 24.5 Å². The number of Topliss-reactive ketones (excluding diaryl/α,β-unsaturated/α-hetero) is 1. The monoisotopic (exact) mass is 652 g/mol. The first kappa shape index (κ1) is 36.2. The number of fused-ring (bicyclic) bond motifs is 1. The third-order valence-corrected chi connectivity index (χ3v) is 8.96. The van der Waals surface area contributed by atoms with E-state index in [1.54, 1.807) is 6.08 Å². The molecule has 2 aliphatic rings. The van der Waals surface area contributed by atoms with Gasteiger partial charge in [0.1, 0.15) is 17.9 Å². The van der Waals surface area contributed by atoms with Crippen molar-refractivity contribution in [2.45, 2.75) is 84.4 Å². The summed E-state index contributed by atoms with van der Waals surface area (Å²) in [5, 5.41) is 27.5. The van der Waals surface area contributed by atoms with Gasteiger partial charge in [-0.05, 0) is 60.6 Å². The molecule has 0 spiro atoms. The summed E-state index contributed by atoms with van der Waals surface area (Å²) in [5.74, 6) is -1.58. The maximum Gasteiger partial charge on any atom is 0.343 e. The minimum Gasteiger partial charge on any atom is -0.507 e. The number of aliphatic hydroxyl groups excluding tert-OH is 2. The highest BCUT2D eigenvalue weighted by Gasteiger charge is 2.55. The van der Waals surface area contributed by atoms with E-state index < -0.39 is 29.7 Å². The summed E-state index contributed by atoms with van der Waals surface area (Å²) in [6, 6.07) is 19.5. The Hall–Kier alpha value is -4.69. The molecule has 0 saturated carbocycles. The molecule has 8 nitrogen and oxygen atoms in total. The zero-order chi connectivity index (χ0) is 34.5. The number of aliphatic hydroxyl groups is 2. The molecule has 0 bridgehead atoms. The fourth-order valence-electron chi connectivity index (χ4n) is 5.86. The fraction of sp³-hybridized carbons (Fsp3) is 0.375.